The Morgan fingerprint density at radius 3 is 2.65 bits per heavy atom. The number of rotatable bonds is 6. The molecular weight excluding hydrogens is 344 g/mol. The molecule has 1 heterocycles. The second-order valence-corrected chi connectivity index (χ2v) is 7.79. The standard InChI is InChI=1S/C20H28N4OS/c1-15-8-10-17(11-9-15)19-21-22-20(26)24(19)13-12-18(25)23(2)14-16-6-4-3-5-7-16/h8-11,16H,3-7,12-14H2,1-2H3,(H,22,26). The summed E-state index contributed by atoms with van der Waals surface area (Å²) in [4.78, 5) is 14.5. The minimum atomic E-state index is 0.175. The van der Waals surface area contributed by atoms with E-state index in [1.165, 1.54) is 37.7 Å². The molecule has 0 atom stereocenters. The Bertz CT molecular complexity index is 787. The molecule has 1 aliphatic rings. The van der Waals surface area contributed by atoms with Crippen molar-refractivity contribution in [3.63, 3.8) is 0 Å². The number of aromatic nitrogens is 3. The average molecular weight is 373 g/mol. The fourth-order valence-corrected chi connectivity index (χ4v) is 3.93. The third-order valence-corrected chi connectivity index (χ3v) is 5.61. The first kappa shape index (κ1) is 18.8. The van der Waals surface area contributed by atoms with E-state index in [2.05, 4.69) is 29.3 Å². The van der Waals surface area contributed by atoms with E-state index < -0.39 is 0 Å². The van der Waals surface area contributed by atoms with Gasteiger partial charge in [0.05, 0.1) is 0 Å². The highest BCUT2D eigenvalue weighted by Gasteiger charge is 2.19. The van der Waals surface area contributed by atoms with Crippen LogP contribution in [0.15, 0.2) is 24.3 Å². The summed E-state index contributed by atoms with van der Waals surface area (Å²) in [5.74, 6) is 1.63. The van der Waals surface area contributed by atoms with Crippen LogP contribution in [0, 0.1) is 17.6 Å². The Hall–Kier alpha value is -1.95. The Balaban J connectivity index is 1.62. The second-order valence-electron chi connectivity index (χ2n) is 7.40. The van der Waals surface area contributed by atoms with Gasteiger partial charge in [0.1, 0.15) is 0 Å². The Labute approximate surface area is 160 Å². The van der Waals surface area contributed by atoms with Crippen molar-refractivity contribution in [1.82, 2.24) is 19.7 Å². The number of hydrogen-bond donors (Lipinski definition) is 1. The number of aryl methyl sites for hydroxylation is 1. The first-order valence-electron chi connectivity index (χ1n) is 9.51. The van der Waals surface area contributed by atoms with E-state index in [0.29, 0.717) is 23.7 Å². The van der Waals surface area contributed by atoms with Crippen molar-refractivity contribution < 1.29 is 4.79 Å². The first-order chi connectivity index (χ1) is 12.5. The van der Waals surface area contributed by atoms with Crippen LogP contribution in [0.5, 0.6) is 0 Å². The number of carbonyl (C=O) groups excluding carboxylic acids is 1. The third kappa shape index (κ3) is 4.61. The third-order valence-electron chi connectivity index (χ3n) is 5.30. The molecule has 0 saturated heterocycles. The summed E-state index contributed by atoms with van der Waals surface area (Å²) in [7, 11) is 1.92. The lowest BCUT2D eigenvalue weighted by Gasteiger charge is -2.27. The number of aromatic amines is 1. The van der Waals surface area contributed by atoms with Gasteiger partial charge in [0.2, 0.25) is 5.91 Å². The fourth-order valence-electron chi connectivity index (χ4n) is 3.71. The molecule has 0 spiro atoms. The number of amides is 1. The molecule has 2 aromatic rings. The van der Waals surface area contributed by atoms with Crippen molar-refractivity contribution in [2.24, 2.45) is 5.92 Å². The topological polar surface area (TPSA) is 53.9 Å². The van der Waals surface area contributed by atoms with Crippen LogP contribution in [0.2, 0.25) is 0 Å². The number of nitrogens with zero attached hydrogens (tertiary/aromatic N) is 3. The molecule has 5 nitrogen and oxygen atoms in total. The van der Waals surface area contributed by atoms with Crippen LogP contribution >= 0.6 is 12.2 Å². The molecule has 0 unspecified atom stereocenters. The van der Waals surface area contributed by atoms with Crippen molar-refractivity contribution in [2.45, 2.75) is 52.0 Å². The minimum Gasteiger partial charge on any atom is -0.345 e. The lowest BCUT2D eigenvalue weighted by Crippen LogP contribution is -2.33. The van der Waals surface area contributed by atoms with Crippen LogP contribution in [0.25, 0.3) is 11.4 Å². The molecule has 6 heteroatoms. The fraction of sp³-hybridized carbons (Fsp3) is 0.550. The molecule has 26 heavy (non-hydrogen) atoms. The first-order valence-corrected chi connectivity index (χ1v) is 9.91. The summed E-state index contributed by atoms with van der Waals surface area (Å²) in [5, 5.41) is 7.21. The molecule has 0 radical (unpaired) electrons. The molecule has 140 valence electrons. The van der Waals surface area contributed by atoms with Crippen LogP contribution in [0.3, 0.4) is 0 Å². The van der Waals surface area contributed by atoms with Gasteiger partial charge < -0.3 is 4.90 Å². The maximum Gasteiger partial charge on any atom is 0.224 e. The minimum absolute atomic E-state index is 0.175. The SMILES string of the molecule is Cc1ccc(-c2n[nH]c(=S)n2CCC(=O)N(C)CC2CCCCC2)cc1. The van der Waals surface area contributed by atoms with Gasteiger partial charge in [-0.1, -0.05) is 49.1 Å². The number of hydrogen-bond acceptors (Lipinski definition) is 3. The lowest BCUT2D eigenvalue weighted by atomic mass is 9.89. The second kappa shape index (κ2) is 8.62. The average Bonchev–Trinajstić information content (AvgIpc) is 3.01. The van der Waals surface area contributed by atoms with Crippen LogP contribution in [-0.2, 0) is 11.3 Å². The molecule has 0 bridgehead atoms. The summed E-state index contributed by atoms with van der Waals surface area (Å²) in [6.45, 7) is 3.48. The molecular formula is C20H28N4OS. The summed E-state index contributed by atoms with van der Waals surface area (Å²) >= 11 is 5.37. The zero-order valence-corrected chi connectivity index (χ0v) is 16.5. The van der Waals surface area contributed by atoms with Gasteiger partial charge in [-0.15, -0.1) is 0 Å². The number of carbonyl (C=O) groups is 1. The van der Waals surface area contributed by atoms with Gasteiger partial charge >= 0.3 is 0 Å². The van der Waals surface area contributed by atoms with Crippen molar-refractivity contribution in [3.8, 4) is 11.4 Å². The zero-order chi connectivity index (χ0) is 18.5. The summed E-state index contributed by atoms with van der Waals surface area (Å²) < 4.78 is 2.48. The van der Waals surface area contributed by atoms with Crippen molar-refractivity contribution >= 4 is 18.1 Å². The van der Waals surface area contributed by atoms with Crippen LogP contribution in [0.4, 0.5) is 0 Å². The van der Waals surface area contributed by atoms with Gasteiger partial charge in [0, 0.05) is 32.1 Å². The largest absolute Gasteiger partial charge is 0.345 e. The maximum atomic E-state index is 12.6. The van der Waals surface area contributed by atoms with Gasteiger partial charge in [-0.2, -0.15) is 5.10 Å². The molecule has 1 N–H and O–H groups in total. The van der Waals surface area contributed by atoms with Crippen molar-refractivity contribution in [3.05, 3.63) is 34.6 Å². The molecule has 1 amide bonds. The predicted molar refractivity (Wildman–Crippen MR) is 106 cm³/mol. The number of H-pyrrole nitrogens is 1. The van der Waals surface area contributed by atoms with Crippen LogP contribution in [-0.4, -0.2) is 39.2 Å². The molecule has 3 rings (SSSR count). The summed E-state index contributed by atoms with van der Waals surface area (Å²) in [5.41, 5.74) is 2.21. The lowest BCUT2D eigenvalue weighted by molar-refractivity contribution is -0.130. The van der Waals surface area contributed by atoms with Crippen molar-refractivity contribution in [1.29, 1.82) is 0 Å². The van der Waals surface area contributed by atoms with E-state index in [1.54, 1.807) is 0 Å². The van der Waals surface area contributed by atoms with E-state index >= 15 is 0 Å². The molecule has 1 saturated carbocycles. The smallest absolute Gasteiger partial charge is 0.224 e. The van der Waals surface area contributed by atoms with Gasteiger partial charge in [0.25, 0.3) is 0 Å². The van der Waals surface area contributed by atoms with Gasteiger partial charge in [-0.3, -0.25) is 14.5 Å². The van der Waals surface area contributed by atoms with E-state index in [0.717, 1.165) is 17.9 Å². The highest BCUT2D eigenvalue weighted by Crippen LogP contribution is 2.24. The van der Waals surface area contributed by atoms with E-state index in [1.807, 2.05) is 28.6 Å². The Morgan fingerprint density at radius 2 is 1.96 bits per heavy atom. The normalized spacial score (nSPS) is 15.2. The van der Waals surface area contributed by atoms with Gasteiger partial charge in [0.15, 0.2) is 10.6 Å². The Kier molecular flexibility index (Phi) is 6.25. The summed E-state index contributed by atoms with van der Waals surface area (Å²) in [6.07, 6.45) is 6.89. The predicted octanol–water partition coefficient (Wildman–Crippen LogP) is 4.34. The highest BCUT2D eigenvalue weighted by molar-refractivity contribution is 7.71. The monoisotopic (exact) mass is 372 g/mol. The van der Waals surface area contributed by atoms with Gasteiger partial charge in [-0.25, -0.2) is 0 Å². The number of benzene rings is 1. The van der Waals surface area contributed by atoms with E-state index in [-0.39, 0.29) is 5.91 Å². The molecule has 1 aromatic carbocycles. The molecule has 1 aromatic heterocycles. The number of nitrogens with one attached hydrogen (secondary N) is 1. The van der Waals surface area contributed by atoms with Crippen LogP contribution in [0.1, 0.15) is 44.1 Å². The Morgan fingerprint density at radius 1 is 1.27 bits per heavy atom. The molecule has 1 fully saturated rings. The summed E-state index contributed by atoms with van der Waals surface area (Å²) in [6, 6.07) is 8.18. The van der Waals surface area contributed by atoms with Crippen molar-refractivity contribution in [2.75, 3.05) is 13.6 Å². The maximum absolute atomic E-state index is 12.6. The van der Waals surface area contributed by atoms with E-state index in [9.17, 15) is 4.79 Å². The molecule has 1 aliphatic carbocycles. The van der Waals surface area contributed by atoms with E-state index in [4.69, 9.17) is 12.2 Å². The highest BCUT2D eigenvalue weighted by atomic mass is 32.1. The quantitative estimate of drug-likeness (QED) is 0.767. The van der Waals surface area contributed by atoms with Crippen LogP contribution < -0.4 is 0 Å². The zero-order valence-electron chi connectivity index (χ0n) is 15.7. The van der Waals surface area contributed by atoms with Gasteiger partial charge in [-0.05, 0) is 37.9 Å². The molecule has 0 aliphatic heterocycles.